The van der Waals surface area contributed by atoms with Gasteiger partial charge in [0, 0.05) is 18.5 Å². The van der Waals surface area contributed by atoms with Crippen molar-refractivity contribution in [2.75, 3.05) is 6.54 Å². The van der Waals surface area contributed by atoms with Crippen LogP contribution >= 0.6 is 0 Å². The fourth-order valence-corrected chi connectivity index (χ4v) is 3.02. The van der Waals surface area contributed by atoms with Gasteiger partial charge in [-0.05, 0) is 44.0 Å². The molecular formula is C14H21N3O3S. The summed E-state index contributed by atoms with van der Waals surface area (Å²) in [6.45, 7) is 3.33. The number of carbonyl (C=O) groups excluding carboxylic acids is 1. The Morgan fingerprint density at radius 1 is 1.38 bits per heavy atom. The number of benzene rings is 1. The molecule has 1 amide bonds. The molecule has 2 atom stereocenters. The van der Waals surface area contributed by atoms with E-state index >= 15 is 0 Å². The first-order chi connectivity index (χ1) is 9.86. The van der Waals surface area contributed by atoms with Crippen LogP contribution in [0.1, 0.15) is 25.3 Å². The topological polar surface area (TPSA) is 101 Å². The zero-order chi connectivity index (χ0) is 15.5. The van der Waals surface area contributed by atoms with E-state index in [1.807, 2.05) is 0 Å². The van der Waals surface area contributed by atoms with Gasteiger partial charge in [-0.3, -0.25) is 4.79 Å². The molecule has 116 valence electrons. The molecule has 1 aromatic rings. The number of nitrogens with two attached hydrogens (primary N) is 1. The predicted molar refractivity (Wildman–Crippen MR) is 79.9 cm³/mol. The summed E-state index contributed by atoms with van der Waals surface area (Å²) in [7, 11) is -3.67. The van der Waals surface area contributed by atoms with Crippen LogP contribution in [0.4, 0.5) is 0 Å². The van der Waals surface area contributed by atoms with Gasteiger partial charge in [0.15, 0.2) is 0 Å². The number of carbonyl (C=O) groups is 1. The number of amides is 1. The average molecular weight is 311 g/mol. The molecule has 0 radical (unpaired) electrons. The van der Waals surface area contributed by atoms with E-state index in [1.54, 1.807) is 12.1 Å². The van der Waals surface area contributed by atoms with Gasteiger partial charge in [-0.25, -0.2) is 13.6 Å². The number of primary sulfonamides is 1. The van der Waals surface area contributed by atoms with Crippen LogP contribution in [0.15, 0.2) is 29.2 Å². The summed E-state index contributed by atoms with van der Waals surface area (Å²) in [5.74, 6) is 0.101. The lowest BCUT2D eigenvalue weighted by Crippen LogP contribution is -2.42. The minimum atomic E-state index is -3.67. The molecule has 4 N–H and O–H groups in total. The fraction of sp³-hybridized carbons (Fsp3) is 0.500. The number of hydrogen-bond donors (Lipinski definition) is 3. The minimum Gasteiger partial charge on any atom is -0.352 e. The lowest BCUT2D eigenvalue weighted by Gasteiger charge is -2.27. The van der Waals surface area contributed by atoms with Gasteiger partial charge in [-0.1, -0.05) is 12.1 Å². The summed E-state index contributed by atoms with van der Waals surface area (Å²) in [6, 6.07) is 6.58. The average Bonchev–Trinajstić information content (AvgIpc) is 2.44. The van der Waals surface area contributed by atoms with Crippen molar-refractivity contribution >= 4 is 15.9 Å². The van der Waals surface area contributed by atoms with Gasteiger partial charge < -0.3 is 10.6 Å². The summed E-state index contributed by atoms with van der Waals surface area (Å²) in [5, 5.41) is 11.2. The van der Waals surface area contributed by atoms with Crippen molar-refractivity contribution in [1.29, 1.82) is 0 Å². The van der Waals surface area contributed by atoms with Crippen LogP contribution in [0, 0.1) is 5.92 Å². The lowest BCUT2D eigenvalue weighted by atomic mass is 9.92. The van der Waals surface area contributed by atoms with Gasteiger partial charge in [0.25, 0.3) is 0 Å². The molecule has 1 aromatic carbocycles. The second-order valence-corrected chi connectivity index (χ2v) is 7.04. The van der Waals surface area contributed by atoms with Gasteiger partial charge >= 0.3 is 0 Å². The number of nitrogens with one attached hydrogen (secondary N) is 2. The summed E-state index contributed by atoms with van der Waals surface area (Å²) in [6.07, 6.45) is 1.69. The summed E-state index contributed by atoms with van der Waals surface area (Å²) in [5.41, 5.74) is 0.845. The minimum absolute atomic E-state index is 0.0462. The first kappa shape index (κ1) is 15.9. The Kier molecular flexibility index (Phi) is 4.97. The highest BCUT2D eigenvalue weighted by Crippen LogP contribution is 2.16. The van der Waals surface area contributed by atoms with E-state index < -0.39 is 10.0 Å². The molecule has 1 aliphatic rings. The highest BCUT2D eigenvalue weighted by molar-refractivity contribution is 7.89. The lowest BCUT2D eigenvalue weighted by molar-refractivity contribution is -0.126. The SMILES string of the molecule is CC1CC(C(=O)NCc2ccc(S(N)(=O)=O)cc2)CCN1. The largest absolute Gasteiger partial charge is 0.352 e. The molecule has 0 saturated carbocycles. The predicted octanol–water partition coefficient (Wildman–Crippen LogP) is 0.338. The third-order valence-corrected chi connectivity index (χ3v) is 4.64. The third kappa shape index (κ3) is 4.52. The monoisotopic (exact) mass is 311 g/mol. The van der Waals surface area contributed by atoms with E-state index in [1.165, 1.54) is 12.1 Å². The van der Waals surface area contributed by atoms with Crippen LogP contribution in [0.25, 0.3) is 0 Å². The van der Waals surface area contributed by atoms with Gasteiger partial charge in [0.2, 0.25) is 15.9 Å². The second-order valence-electron chi connectivity index (χ2n) is 5.48. The van der Waals surface area contributed by atoms with Crippen LogP contribution in [-0.2, 0) is 21.4 Å². The molecule has 21 heavy (non-hydrogen) atoms. The quantitative estimate of drug-likeness (QED) is 0.746. The van der Waals surface area contributed by atoms with Crippen LogP contribution < -0.4 is 15.8 Å². The molecular weight excluding hydrogens is 290 g/mol. The maximum atomic E-state index is 12.1. The summed E-state index contributed by atoms with van der Waals surface area (Å²) in [4.78, 5) is 12.2. The molecule has 0 spiro atoms. The molecule has 1 fully saturated rings. The van der Waals surface area contributed by atoms with Crippen molar-refractivity contribution in [3.05, 3.63) is 29.8 Å². The summed E-state index contributed by atoms with van der Waals surface area (Å²) >= 11 is 0. The molecule has 1 heterocycles. The molecule has 7 heteroatoms. The molecule has 0 bridgehead atoms. The van der Waals surface area contributed by atoms with E-state index in [2.05, 4.69) is 17.6 Å². The fourth-order valence-electron chi connectivity index (χ4n) is 2.50. The zero-order valence-corrected chi connectivity index (χ0v) is 12.8. The van der Waals surface area contributed by atoms with Crippen molar-refractivity contribution in [2.45, 2.75) is 37.2 Å². The van der Waals surface area contributed by atoms with E-state index in [9.17, 15) is 13.2 Å². The zero-order valence-electron chi connectivity index (χ0n) is 12.0. The Hall–Kier alpha value is -1.44. The Morgan fingerprint density at radius 2 is 2.05 bits per heavy atom. The number of piperidine rings is 1. The van der Waals surface area contributed by atoms with Gasteiger partial charge in [-0.2, -0.15) is 0 Å². The van der Waals surface area contributed by atoms with Crippen LogP contribution in [0.5, 0.6) is 0 Å². The van der Waals surface area contributed by atoms with Crippen LogP contribution in [-0.4, -0.2) is 26.9 Å². The molecule has 0 aliphatic carbocycles. The summed E-state index contributed by atoms with van der Waals surface area (Å²) < 4.78 is 22.3. The Balaban J connectivity index is 1.89. The number of hydrogen-bond acceptors (Lipinski definition) is 4. The molecule has 1 aliphatic heterocycles. The highest BCUT2D eigenvalue weighted by atomic mass is 32.2. The first-order valence-corrected chi connectivity index (χ1v) is 8.54. The van der Waals surface area contributed by atoms with Gasteiger partial charge in [0.1, 0.15) is 0 Å². The van der Waals surface area contributed by atoms with Gasteiger partial charge in [-0.15, -0.1) is 0 Å². The Labute approximate surface area is 125 Å². The Bertz CT molecular complexity index is 598. The van der Waals surface area contributed by atoms with Crippen molar-refractivity contribution in [3.8, 4) is 0 Å². The molecule has 2 unspecified atom stereocenters. The second kappa shape index (κ2) is 6.55. The molecule has 2 rings (SSSR count). The van der Waals surface area contributed by atoms with Crippen LogP contribution in [0.3, 0.4) is 0 Å². The van der Waals surface area contributed by atoms with E-state index in [4.69, 9.17) is 5.14 Å². The maximum absolute atomic E-state index is 12.1. The molecule has 0 aromatic heterocycles. The standard InChI is InChI=1S/C14H21N3O3S/c1-10-8-12(6-7-16-10)14(18)17-9-11-2-4-13(5-3-11)21(15,19)20/h2-5,10,12,16H,6-9H2,1H3,(H,17,18)(H2,15,19,20). The van der Waals surface area contributed by atoms with E-state index in [-0.39, 0.29) is 16.7 Å². The van der Waals surface area contributed by atoms with E-state index in [0.29, 0.717) is 12.6 Å². The number of rotatable bonds is 4. The van der Waals surface area contributed by atoms with Crippen molar-refractivity contribution in [3.63, 3.8) is 0 Å². The van der Waals surface area contributed by atoms with Gasteiger partial charge in [0.05, 0.1) is 4.90 Å². The Morgan fingerprint density at radius 3 is 2.62 bits per heavy atom. The molecule has 6 nitrogen and oxygen atoms in total. The van der Waals surface area contributed by atoms with Crippen LogP contribution in [0.2, 0.25) is 0 Å². The first-order valence-electron chi connectivity index (χ1n) is 6.99. The molecule has 1 saturated heterocycles. The van der Waals surface area contributed by atoms with E-state index in [0.717, 1.165) is 24.9 Å². The van der Waals surface area contributed by atoms with Crippen molar-refractivity contribution in [1.82, 2.24) is 10.6 Å². The normalized spacial score (nSPS) is 22.8. The maximum Gasteiger partial charge on any atom is 0.238 e. The smallest absolute Gasteiger partial charge is 0.238 e. The highest BCUT2D eigenvalue weighted by Gasteiger charge is 2.24. The van der Waals surface area contributed by atoms with Crippen molar-refractivity contribution in [2.24, 2.45) is 11.1 Å². The number of sulfonamides is 1. The van der Waals surface area contributed by atoms with Crippen molar-refractivity contribution < 1.29 is 13.2 Å². The third-order valence-electron chi connectivity index (χ3n) is 3.71.